The third kappa shape index (κ3) is 3.99. The van der Waals surface area contributed by atoms with Crippen LogP contribution in [0, 0.1) is 0 Å². The van der Waals surface area contributed by atoms with Gasteiger partial charge in [0.15, 0.2) is 5.76 Å². The Morgan fingerprint density at radius 2 is 2.12 bits per heavy atom. The van der Waals surface area contributed by atoms with Gasteiger partial charge in [-0.05, 0) is 36.8 Å². The molecule has 3 aromatic rings. The number of methoxy groups -OCH3 is 1. The molecule has 8 nitrogen and oxygen atoms in total. The summed E-state index contributed by atoms with van der Waals surface area (Å²) in [7, 11) is 1.61. The Labute approximate surface area is 154 Å². The molecule has 136 valence electrons. The van der Waals surface area contributed by atoms with Crippen LogP contribution in [0.15, 0.2) is 52.2 Å². The Morgan fingerprint density at radius 3 is 2.77 bits per heavy atom. The van der Waals surface area contributed by atoms with Crippen molar-refractivity contribution in [3.8, 4) is 17.3 Å². The second kappa shape index (κ2) is 7.96. The summed E-state index contributed by atoms with van der Waals surface area (Å²) in [5.41, 5.74) is 0.985. The van der Waals surface area contributed by atoms with Crippen molar-refractivity contribution in [2.24, 2.45) is 0 Å². The first kappa shape index (κ1) is 17.9. The Bertz CT molecular complexity index is 861. The molecule has 9 heteroatoms. The van der Waals surface area contributed by atoms with Gasteiger partial charge in [0.2, 0.25) is 16.9 Å². The number of benzene rings is 1. The minimum absolute atomic E-state index is 0.117. The first-order chi connectivity index (χ1) is 12.6. The van der Waals surface area contributed by atoms with E-state index in [1.807, 2.05) is 24.3 Å². The maximum absolute atomic E-state index is 12.3. The molecule has 0 unspecified atom stereocenters. The van der Waals surface area contributed by atoms with Crippen molar-refractivity contribution in [2.75, 3.05) is 13.0 Å². The van der Waals surface area contributed by atoms with Gasteiger partial charge in [-0.2, -0.15) is 0 Å². The third-order valence-corrected chi connectivity index (χ3v) is 4.74. The summed E-state index contributed by atoms with van der Waals surface area (Å²) in [6, 6.07) is 11.0. The van der Waals surface area contributed by atoms with Gasteiger partial charge in [-0.1, -0.05) is 23.9 Å². The molecule has 1 amide bonds. The maximum atomic E-state index is 12.3. The van der Waals surface area contributed by atoms with E-state index >= 15 is 0 Å². The lowest BCUT2D eigenvalue weighted by molar-refractivity contribution is -0.120. The van der Waals surface area contributed by atoms with Crippen molar-refractivity contribution in [1.82, 2.24) is 20.2 Å². The fourth-order valence-corrected chi connectivity index (χ4v) is 3.01. The molecule has 0 saturated carbocycles. The molecular weight excluding hydrogens is 354 g/mol. The van der Waals surface area contributed by atoms with Crippen LogP contribution in [0.2, 0.25) is 0 Å². The first-order valence-corrected chi connectivity index (χ1v) is 8.78. The van der Waals surface area contributed by atoms with E-state index in [1.54, 1.807) is 26.2 Å². The number of hydrogen-bond acceptors (Lipinski definition) is 7. The summed E-state index contributed by atoms with van der Waals surface area (Å²) in [6.45, 7) is 2.22. The summed E-state index contributed by atoms with van der Waals surface area (Å²) in [4.78, 5) is 12.3. The molecule has 26 heavy (non-hydrogen) atoms. The molecule has 0 spiro atoms. The van der Waals surface area contributed by atoms with Gasteiger partial charge in [-0.3, -0.25) is 4.79 Å². The highest BCUT2D eigenvalue weighted by molar-refractivity contribution is 8.00. The highest BCUT2D eigenvalue weighted by atomic mass is 32.2. The van der Waals surface area contributed by atoms with Crippen molar-refractivity contribution < 1.29 is 13.9 Å². The Hall–Kier alpha value is -2.94. The highest BCUT2D eigenvalue weighted by Gasteiger charge is 2.20. The normalized spacial score (nSPS) is 11.9. The van der Waals surface area contributed by atoms with Crippen LogP contribution in [0.1, 0.15) is 12.5 Å². The first-order valence-electron chi connectivity index (χ1n) is 7.90. The van der Waals surface area contributed by atoms with Crippen molar-refractivity contribution >= 4 is 17.7 Å². The zero-order valence-corrected chi connectivity index (χ0v) is 15.2. The van der Waals surface area contributed by atoms with E-state index in [0.717, 1.165) is 11.3 Å². The van der Waals surface area contributed by atoms with E-state index in [-0.39, 0.29) is 11.2 Å². The summed E-state index contributed by atoms with van der Waals surface area (Å²) >= 11 is 1.23. The zero-order valence-electron chi connectivity index (χ0n) is 14.4. The Morgan fingerprint density at radius 1 is 1.35 bits per heavy atom. The molecule has 0 aliphatic heterocycles. The van der Waals surface area contributed by atoms with Gasteiger partial charge in [-0.15, -0.1) is 10.2 Å². The van der Waals surface area contributed by atoms with Crippen LogP contribution in [0.5, 0.6) is 5.75 Å². The number of nitrogens with two attached hydrogens (primary N) is 1. The van der Waals surface area contributed by atoms with Crippen molar-refractivity contribution in [3.05, 3.63) is 48.2 Å². The number of carbonyl (C=O) groups excluding carboxylic acids is 1. The zero-order chi connectivity index (χ0) is 18.5. The van der Waals surface area contributed by atoms with E-state index in [2.05, 4.69) is 15.5 Å². The average Bonchev–Trinajstić information content (AvgIpc) is 3.30. The van der Waals surface area contributed by atoms with Gasteiger partial charge < -0.3 is 20.3 Å². The lowest BCUT2D eigenvalue weighted by Gasteiger charge is -2.11. The standard InChI is InChI=1S/C17H19N5O3S/c1-11(16(23)19-10-12-5-7-13(24-2)8-6-12)26-17-21-20-15(22(17)18)14-4-3-9-25-14/h3-9,11H,10,18H2,1-2H3,(H,19,23)/t11-/m1/s1. The summed E-state index contributed by atoms with van der Waals surface area (Å²) in [6.07, 6.45) is 1.53. The molecule has 0 saturated heterocycles. The van der Waals surface area contributed by atoms with Crippen molar-refractivity contribution in [1.29, 1.82) is 0 Å². The van der Waals surface area contributed by atoms with E-state index in [4.69, 9.17) is 15.0 Å². The number of rotatable bonds is 7. The number of thioether (sulfide) groups is 1. The molecule has 0 aliphatic rings. The smallest absolute Gasteiger partial charge is 0.233 e. The van der Waals surface area contributed by atoms with Gasteiger partial charge in [0.1, 0.15) is 5.75 Å². The summed E-state index contributed by atoms with van der Waals surface area (Å²) in [5, 5.41) is 11.0. The molecular formula is C17H19N5O3S. The van der Waals surface area contributed by atoms with Gasteiger partial charge >= 0.3 is 0 Å². The van der Waals surface area contributed by atoms with Crippen molar-refractivity contribution in [2.45, 2.75) is 23.9 Å². The van der Waals surface area contributed by atoms with Crippen LogP contribution in [0.4, 0.5) is 0 Å². The number of furan rings is 1. The number of hydrogen-bond donors (Lipinski definition) is 2. The largest absolute Gasteiger partial charge is 0.497 e. The van der Waals surface area contributed by atoms with Gasteiger partial charge in [0.05, 0.1) is 18.6 Å². The Balaban J connectivity index is 1.57. The SMILES string of the molecule is COc1ccc(CNC(=O)[C@@H](C)Sc2nnc(-c3ccco3)n2N)cc1. The number of nitrogens with one attached hydrogen (secondary N) is 1. The Kier molecular flexibility index (Phi) is 5.47. The van der Waals surface area contributed by atoms with E-state index in [9.17, 15) is 4.79 Å². The maximum Gasteiger partial charge on any atom is 0.233 e. The number of aromatic nitrogens is 3. The predicted molar refractivity (Wildman–Crippen MR) is 98.0 cm³/mol. The molecule has 0 radical (unpaired) electrons. The van der Waals surface area contributed by atoms with E-state index in [0.29, 0.717) is 23.3 Å². The number of nitrogens with zero attached hydrogens (tertiary/aromatic N) is 3. The third-order valence-electron chi connectivity index (χ3n) is 3.68. The van der Waals surface area contributed by atoms with Gasteiger partial charge in [-0.25, -0.2) is 4.68 Å². The van der Waals surface area contributed by atoms with Gasteiger partial charge in [0, 0.05) is 6.54 Å². The molecule has 2 aromatic heterocycles. The van der Waals surface area contributed by atoms with Crippen LogP contribution >= 0.6 is 11.8 Å². The number of nitrogen functional groups attached to an aromatic ring is 1. The van der Waals surface area contributed by atoms with Crippen molar-refractivity contribution in [3.63, 3.8) is 0 Å². The van der Waals surface area contributed by atoms with Gasteiger partial charge in [0.25, 0.3) is 0 Å². The molecule has 0 aliphatic carbocycles. The predicted octanol–water partition coefficient (Wildman–Crippen LogP) is 2.06. The summed E-state index contributed by atoms with van der Waals surface area (Å²) < 4.78 is 11.7. The van der Waals surface area contributed by atoms with Crippen LogP contribution in [0.25, 0.3) is 11.6 Å². The number of ether oxygens (including phenoxy) is 1. The molecule has 0 bridgehead atoms. The fourth-order valence-electron chi connectivity index (χ4n) is 2.22. The molecule has 1 aromatic carbocycles. The molecule has 3 N–H and O–H groups in total. The topological polar surface area (TPSA) is 108 Å². The fraction of sp³-hybridized carbons (Fsp3) is 0.235. The summed E-state index contributed by atoms with van der Waals surface area (Å²) in [5.74, 6) is 7.58. The molecule has 2 heterocycles. The quantitative estimate of drug-likeness (QED) is 0.482. The lowest BCUT2D eigenvalue weighted by atomic mass is 10.2. The van der Waals surface area contributed by atoms with Crippen LogP contribution in [-0.4, -0.2) is 33.1 Å². The van der Waals surface area contributed by atoms with Crippen LogP contribution < -0.4 is 15.9 Å². The van der Waals surface area contributed by atoms with E-state index < -0.39 is 0 Å². The second-order valence-electron chi connectivity index (χ2n) is 5.48. The number of carbonyl (C=O) groups is 1. The van der Waals surface area contributed by atoms with Crippen LogP contribution in [-0.2, 0) is 11.3 Å². The molecule has 3 rings (SSSR count). The van der Waals surface area contributed by atoms with Crippen LogP contribution in [0.3, 0.4) is 0 Å². The molecule has 1 atom stereocenters. The highest BCUT2D eigenvalue weighted by Crippen LogP contribution is 2.25. The monoisotopic (exact) mass is 373 g/mol. The lowest BCUT2D eigenvalue weighted by Crippen LogP contribution is -2.30. The number of amides is 1. The van der Waals surface area contributed by atoms with E-state index in [1.165, 1.54) is 22.7 Å². The second-order valence-corrected chi connectivity index (χ2v) is 6.79. The minimum atomic E-state index is -0.385. The average molecular weight is 373 g/mol. The minimum Gasteiger partial charge on any atom is -0.497 e. The molecule has 0 fully saturated rings.